The van der Waals surface area contributed by atoms with E-state index in [1.54, 1.807) is 23.9 Å². The fourth-order valence-corrected chi connectivity index (χ4v) is 5.52. The van der Waals surface area contributed by atoms with E-state index in [0.29, 0.717) is 33.1 Å². The Balaban J connectivity index is 0.000000815. The van der Waals surface area contributed by atoms with Gasteiger partial charge in [-0.15, -0.1) is 0 Å². The van der Waals surface area contributed by atoms with Crippen molar-refractivity contribution in [1.82, 2.24) is 14.5 Å². The number of hydrogen-bond acceptors (Lipinski definition) is 8. The quantitative estimate of drug-likeness (QED) is 0.553. The molecule has 1 aliphatic carbocycles. The summed E-state index contributed by atoms with van der Waals surface area (Å²) in [5.74, 6) is 1.50. The van der Waals surface area contributed by atoms with Crippen molar-refractivity contribution in [3.8, 4) is 0 Å². The minimum Gasteiger partial charge on any atom is -0.382 e. The minimum atomic E-state index is -0.165. The summed E-state index contributed by atoms with van der Waals surface area (Å²) in [6, 6.07) is 2.23. The number of nitrogens with one attached hydrogen (secondary N) is 1. The normalized spacial score (nSPS) is 18.4. The molecule has 3 N–H and O–H groups in total. The van der Waals surface area contributed by atoms with Gasteiger partial charge in [0.2, 0.25) is 5.95 Å². The first-order valence-corrected chi connectivity index (χ1v) is 13.9. The first kappa shape index (κ1) is 27.6. The molecular formula is C25H39ClN6O2S. The third-order valence-electron chi connectivity index (χ3n) is 6.53. The number of ether oxygens (including phenoxy) is 1. The van der Waals surface area contributed by atoms with Crippen LogP contribution in [0, 0.1) is 5.41 Å². The average Bonchev–Trinajstić information content (AvgIpc) is 3.60. The molecule has 2 aromatic rings. The molecule has 5 rings (SSSR count). The van der Waals surface area contributed by atoms with Crippen LogP contribution in [0.15, 0.2) is 26.8 Å². The molecule has 2 aliphatic heterocycles. The van der Waals surface area contributed by atoms with E-state index >= 15 is 0 Å². The Morgan fingerprint density at radius 1 is 1.20 bits per heavy atom. The number of piperidine rings is 1. The second kappa shape index (κ2) is 12.3. The van der Waals surface area contributed by atoms with Crippen LogP contribution in [-0.2, 0) is 11.8 Å². The third kappa shape index (κ3) is 6.24. The van der Waals surface area contributed by atoms with Gasteiger partial charge in [-0.25, -0.2) is 4.98 Å². The van der Waals surface area contributed by atoms with Crippen LogP contribution in [0.3, 0.4) is 0 Å². The summed E-state index contributed by atoms with van der Waals surface area (Å²) in [6.07, 6.45) is 7.15. The van der Waals surface area contributed by atoms with E-state index < -0.39 is 0 Å². The van der Waals surface area contributed by atoms with Crippen molar-refractivity contribution in [3.63, 3.8) is 0 Å². The summed E-state index contributed by atoms with van der Waals surface area (Å²) >= 11 is 7.80. The summed E-state index contributed by atoms with van der Waals surface area (Å²) < 4.78 is 7.22. The molecular weight excluding hydrogens is 484 g/mol. The molecule has 4 heterocycles. The van der Waals surface area contributed by atoms with Crippen molar-refractivity contribution in [2.75, 3.05) is 42.3 Å². The van der Waals surface area contributed by atoms with Gasteiger partial charge < -0.3 is 20.7 Å². The summed E-state index contributed by atoms with van der Waals surface area (Å²) in [5.41, 5.74) is 6.40. The van der Waals surface area contributed by atoms with Gasteiger partial charge in [0.15, 0.2) is 0 Å². The standard InChI is InChI=1S/C21H27ClN6O2S.2C2H6/c1-27-19(29)16(31-14-4-8-24-18(15(14)22)25-13-2-3-13)17(23)26-20(27)28-9-5-21(6-10-28)7-11-30-12-21;2*1-2/h4,8,13H,2-3,5-7,9-12,23H2,1H3,(H,24,25);2*1-2H3. The molecule has 194 valence electrons. The zero-order valence-corrected chi connectivity index (χ0v) is 23.1. The van der Waals surface area contributed by atoms with Crippen molar-refractivity contribution in [3.05, 3.63) is 27.6 Å². The predicted molar refractivity (Wildman–Crippen MR) is 146 cm³/mol. The largest absolute Gasteiger partial charge is 0.382 e. The molecule has 35 heavy (non-hydrogen) atoms. The summed E-state index contributed by atoms with van der Waals surface area (Å²) in [5, 5.41) is 3.83. The number of nitrogen functional groups attached to an aromatic ring is 1. The van der Waals surface area contributed by atoms with Crippen LogP contribution in [0.4, 0.5) is 17.6 Å². The SMILES string of the molecule is CC.CC.Cn1c(N2CCC3(CCOC3)CC2)nc(N)c(Sc2ccnc(NC3CC3)c2Cl)c1=O. The number of nitrogens with two attached hydrogens (primary N) is 1. The number of hydrogen-bond donors (Lipinski definition) is 2. The van der Waals surface area contributed by atoms with Gasteiger partial charge in [-0.05, 0) is 43.6 Å². The molecule has 3 fully saturated rings. The molecule has 0 amide bonds. The zero-order valence-electron chi connectivity index (χ0n) is 21.6. The van der Waals surface area contributed by atoms with Gasteiger partial charge in [-0.3, -0.25) is 9.36 Å². The van der Waals surface area contributed by atoms with E-state index in [1.807, 2.05) is 27.7 Å². The Morgan fingerprint density at radius 3 is 2.49 bits per heavy atom. The Bertz CT molecular complexity index is 1040. The summed E-state index contributed by atoms with van der Waals surface area (Å²) in [4.78, 5) is 25.4. The predicted octanol–water partition coefficient (Wildman–Crippen LogP) is 5.20. The Labute approximate surface area is 218 Å². The molecule has 0 bridgehead atoms. The van der Waals surface area contributed by atoms with Crippen molar-refractivity contribution in [2.24, 2.45) is 12.5 Å². The highest BCUT2D eigenvalue weighted by Gasteiger charge is 2.38. The van der Waals surface area contributed by atoms with Crippen LogP contribution in [0.2, 0.25) is 5.02 Å². The van der Waals surface area contributed by atoms with E-state index in [1.165, 1.54) is 11.8 Å². The first-order chi connectivity index (χ1) is 17.0. The van der Waals surface area contributed by atoms with E-state index in [4.69, 9.17) is 22.1 Å². The van der Waals surface area contributed by atoms with Gasteiger partial charge in [0.05, 0.1) is 11.6 Å². The topological polar surface area (TPSA) is 98.3 Å². The van der Waals surface area contributed by atoms with Gasteiger partial charge in [0, 0.05) is 43.9 Å². The maximum atomic E-state index is 13.2. The molecule has 10 heteroatoms. The van der Waals surface area contributed by atoms with Crippen molar-refractivity contribution >= 4 is 40.9 Å². The Morgan fingerprint density at radius 2 is 1.89 bits per heavy atom. The van der Waals surface area contributed by atoms with E-state index in [2.05, 4.69) is 20.2 Å². The monoisotopic (exact) mass is 522 g/mol. The third-order valence-corrected chi connectivity index (χ3v) is 8.17. The lowest BCUT2D eigenvalue weighted by atomic mass is 9.78. The highest BCUT2D eigenvalue weighted by Crippen LogP contribution is 2.41. The zero-order chi connectivity index (χ0) is 25.6. The van der Waals surface area contributed by atoms with Gasteiger partial charge in [0.25, 0.3) is 5.56 Å². The molecule has 1 spiro atoms. The molecule has 2 aromatic heterocycles. The molecule has 0 unspecified atom stereocenters. The minimum absolute atomic E-state index is 0.165. The van der Waals surface area contributed by atoms with E-state index in [-0.39, 0.29) is 11.4 Å². The number of aromatic nitrogens is 3. The summed E-state index contributed by atoms with van der Waals surface area (Å²) in [7, 11) is 1.76. The second-order valence-electron chi connectivity index (χ2n) is 8.77. The number of pyridine rings is 1. The summed E-state index contributed by atoms with van der Waals surface area (Å²) in [6.45, 7) is 11.4. The number of rotatable bonds is 5. The smallest absolute Gasteiger partial charge is 0.270 e. The number of nitrogens with zero attached hydrogens (tertiary/aromatic N) is 4. The Hall–Kier alpha value is -1.97. The van der Waals surface area contributed by atoms with Crippen LogP contribution in [0.5, 0.6) is 0 Å². The molecule has 1 saturated carbocycles. The lowest BCUT2D eigenvalue weighted by Crippen LogP contribution is -2.43. The fourth-order valence-electron chi connectivity index (χ4n) is 4.33. The molecule has 0 aromatic carbocycles. The Kier molecular flexibility index (Phi) is 9.72. The highest BCUT2D eigenvalue weighted by molar-refractivity contribution is 7.99. The van der Waals surface area contributed by atoms with Crippen molar-refractivity contribution in [2.45, 2.75) is 75.6 Å². The molecule has 8 nitrogen and oxygen atoms in total. The second-order valence-corrected chi connectivity index (χ2v) is 10.2. The molecule has 0 atom stereocenters. The van der Waals surface area contributed by atoms with Gasteiger partial charge in [-0.2, -0.15) is 4.98 Å². The maximum absolute atomic E-state index is 13.2. The number of halogens is 1. The van der Waals surface area contributed by atoms with Crippen molar-refractivity contribution in [1.29, 1.82) is 0 Å². The van der Waals surface area contributed by atoms with Crippen molar-refractivity contribution < 1.29 is 4.74 Å². The van der Waals surface area contributed by atoms with Crippen LogP contribution in [0.25, 0.3) is 0 Å². The lowest BCUT2D eigenvalue weighted by molar-refractivity contribution is 0.133. The van der Waals surface area contributed by atoms with Gasteiger partial charge in [-0.1, -0.05) is 51.1 Å². The van der Waals surface area contributed by atoms with Crippen LogP contribution >= 0.6 is 23.4 Å². The molecule has 0 radical (unpaired) electrons. The van der Waals surface area contributed by atoms with Gasteiger partial charge >= 0.3 is 0 Å². The fraction of sp³-hybridized carbons (Fsp3) is 0.640. The van der Waals surface area contributed by atoms with E-state index in [0.717, 1.165) is 63.3 Å². The molecule has 3 aliphatic rings. The maximum Gasteiger partial charge on any atom is 0.270 e. The molecule has 2 saturated heterocycles. The average molecular weight is 523 g/mol. The highest BCUT2D eigenvalue weighted by atomic mass is 35.5. The number of anilines is 3. The first-order valence-electron chi connectivity index (χ1n) is 12.7. The van der Waals surface area contributed by atoms with Crippen LogP contribution < -0.4 is 21.5 Å². The lowest BCUT2D eigenvalue weighted by Gasteiger charge is -2.39. The van der Waals surface area contributed by atoms with E-state index in [9.17, 15) is 4.79 Å². The van der Waals surface area contributed by atoms with Crippen LogP contribution in [0.1, 0.15) is 59.8 Å². The van der Waals surface area contributed by atoms with Gasteiger partial charge in [0.1, 0.15) is 16.5 Å². The van der Waals surface area contributed by atoms with Crippen LogP contribution in [-0.4, -0.2) is 46.9 Å².